The van der Waals surface area contributed by atoms with Crippen molar-refractivity contribution >= 4 is 11.6 Å². The zero-order chi connectivity index (χ0) is 15.2. The van der Waals surface area contributed by atoms with Gasteiger partial charge < -0.3 is 15.4 Å². The fourth-order valence-corrected chi connectivity index (χ4v) is 2.17. The lowest BCUT2D eigenvalue weighted by Gasteiger charge is -2.20. The molecule has 2 aromatic carbocycles. The van der Waals surface area contributed by atoms with Gasteiger partial charge in [-0.1, -0.05) is 36.4 Å². The van der Waals surface area contributed by atoms with Crippen LogP contribution in [0.5, 0.6) is 5.75 Å². The number of carbonyl (C=O) groups excluding carboxylic acids is 1. The first-order valence-corrected chi connectivity index (χ1v) is 6.94. The lowest BCUT2D eigenvalue weighted by Crippen LogP contribution is -2.27. The number of benzene rings is 2. The van der Waals surface area contributed by atoms with Crippen LogP contribution in [0.4, 0.5) is 5.69 Å². The molecule has 2 N–H and O–H groups in total. The van der Waals surface area contributed by atoms with E-state index in [2.05, 4.69) is 0 Å². The van der Waals surface area contributed by atoms with Crippen molar-refractivity contribution in [1.82, 2.24) is 4.90 Å². The second kappa shape index (κ2) is 6.79. The van der Waals surface area contributed by atoms with Crippen LogP contribution in [0, 0.1) is 0 Å². The van der Waals surface area contributed by atoms with Crippen molar-refractivity contribution < 1.29 is 9.53 Å². The van der Waals surface area contributed by atoms with Gasteiger partial charge in [-0.25, -0.2) is 0 Å². The van der Waals surface area contributed by atoms with Crippen LogP contribution in [-0.4, -0.2) is 24.5 Å². The molecule has 2 aromatic rings. The lowest BCUT2D eigenvalue weighted by atomic mass is 10.1. The predicted octanol–water partition coefficient (Wildman–Crippen LogP) is 2.94. The van der Waals surface area contributed by atoms with E-state index in [1.165, 1.54) is 0 Å². The number of amides is 1. The first kappa shape index (κ1) is 14.9. The summed E-state index contributed by atoms with van der Waals surface area (Å²) in [6, 6.07) is 15.1. The number of hydrogen-bond acceptors (Lipinski definition) is 3. The van der Waals surface area contributed by atoms with Gasteiger partial charge in [0.05, 0.1) is 6.61 Å². The Hall–Kier alpha value is -2.49. The maximum absolute atomic E-state index is 12.6. The zero-order valence-electron chi connectivity index (χ0n) is 12.4. The van der Waals surface area contributed by atoms with Crippen molar-refractivity contribution in [2.45, 2.75) is 13.5 Å². The van der Waals surface area contributed by atoms with E-state index >= 15 is 0 Å². The number of anilines is 1. The number of hydrogen-bond donors (Lipinski definition) is 1. The number of ether oxygens (including phenoxy) is 1. The smallest absolute Gasteiger partial charge is 0.259 e. The fourth-order valence-electron chi connectivity index (χ4n) is 2.17. The Morgan fingerprint density at radius 2 is 1.86 bits per heavy atom. The molecule has 0 aromatic heterocycles. The highest BCUT2D eigenvalue weighted by molar-refractivity contribution is 6.01. The summed E-state index contributed by atoms with van der Waals surface area (Å²) in [4.78, 5) is 14.3. The van der Waals surface area contributed by atoms with Crippen LogP contribution in [0.3, 0.4) is 0 Å². The second-order valence-electron chi connectivity index (χ2n) is 4.80. The molecule has 0 saturated heterocycles. The Balaban J connectivity index is 2.23. The lowest BCUT2D eigenvalue weighted by molar-refractivity contribution is 0.0782. The Morgan fingerprint density at radius 1 is 1.14 bits per heavy atom. The first-order valence-electron chi connectivity index (χ1n) is 6.94. The summed E-state index contributed by atoms with van der Waals surface area (Å²) in [6.07, 6.45) is 0. The van der Waals surface area contributed by atoms with Gasteiger partial charge in [0.15, 0.2) is 0 Å². The van der Waals surface area contributed by atoms with Crippen molar-refractivity contribution in [3.8, 4) is 5.75 Å². The van der Waals surface area contributed by atoms with E-state index in [0.29, 0.717) is 30.2 Å². The molecular formula is C17H20N2O2. The van der Waals surface area contributed by atoms with E-state index < -0.39 is 0 Å². The third-order valence-corrected chi connectivity index (χ3v) is 3.18. The molecule has 0 fully saturated rings. The van der Waals surface area contributed by atoms with Gasteiger partial charge in [-0.3, -0.25) is 4.79 Å². The molecule has 0 aliphatic heterocycles. The van der Waals surface area contributed by atoms with Gasteiger partial charge in [-0.2, -0.15) is 0 Å². The quantitative estimate of drug-likeness (QED) is 0.859. The minimum Gasteiger partial charge on any atom is -0.493 e. The van der Waals surface area contributed by atoms with E-state index in [9.17, 15) is 4.79 Å². The highest BCUT2D eigenvalue weighted by Gasteiger charge is 2.19. The molecule has 4 nitrogen and oxygen atoms in total. The highest BCUT2D eigenvalue weighted by Crippen LogP contribution is 2.26. The molecule has 0 heterocycles. The maximum atomic E-state index is 12.6. The molecule has 0 aliphatic carbocycles. The minimum atomic E-state index is -0.139. The SMILES string of the molecule is CCOc1cccc(N)c1C(=O)N(C)Cc1ccccc1. The highest BCUT2D eigenvalue weighted by atomic mass is 16.5. The summed E-state index contributed by atoms with van der Waals surface area (Å²) >= 11 is 0. The van der Waals surface area contributed by atoms with Gasteiger partial charge in [-0.05, 0) is 24.6 Å². The molecule has 0 unspecified atom stereocenters. The third-order valence-electron chi connectivity index (χ3n) is 3.18. The van der Waals surface area contributed by atoms with Crippen LogP contribution < -0.4 is 10.5 Å². The second-order valence-corrected chi connectivity index (χ2v) is 4.80. The van der Waals surface area contributed by atoms with Gasteiger partial charge in [0.2, 0.25) is 0 Å². The van der Waals surface area contributed by atoms with Crippen molar-refractivity contribution in [2.24, 2.45) is 0 Å². The van der Waals surface area contributed by atoms with Crippen LogP contribution >= 0.6 is 0 Å². The number of nitrogen functional groups attached to an aromatic ring is 1. The Bertz CT molecular complexity index is 611. The van der Waals surface area contributed by atoms with Crippen LogP contribution in [0.2, 0.25) is 0 Å². The van der Waals surface area contributed by atoms with Gasteiger partial charge in [0, 0.05) is 19.3 Å². The average molecular weight is 284 g/mol. The molecule has 0 saturated carbocycles. The molecule has 110 valence electrons. The van der Waals surface area contributed by atoms with Gasteiger partial charge in [0.1, 0.15) is 11.3 Å². The van der Waals surface area contributed by atoms with Gasteiger partial charge in [0.25, 0.3) is 5.91 Å². The van der Waals surface area contributed by atoms with Crippen LogP contribution in [0.15, 0.2) is 48.5 Å². The maximum Gasteiger partial charge on any atom is 0.259 e. The minimum absolute atomic E-state index is 0.139. The van der Waals surface area contributed by atoms with E-state index in [4.69, 9.17) is 10.5 Å². The van der Waals surface area contributed by atoms with Crippen molar-refractivity contribution in [3.63, 3.8) is 0 Å². The molecule has 1 amide bonds. The van der Waals surface area contributed by atoms with Crippen molar-refractivity contribution in [3.05, 3.63) is 59.7 Å². The van der Waals surface area contributed by atoms with E-state index in [1.54, 1.807) is 30.1 Å². The molecule has 0 radical (unpaired) electrons. The summed E-state index contributed by atoms with van der Waals surface area (Å²) < 4.78 is 5.51. The summed E-state index contributed by atoms with van der Waals surface area (Å²) in [6.45, 7) is 2.90. The molecule has 21 heavy (non-hydrogen) atoms. The van der Waals surface area contributed by atoms with Crippen LogP contribution in [-0.2, 0) is 6.54 Å². The zero-order valence-corrected chi connectivity index (χ0v) is 12.4. The van der Waals surface area contributed by atoms with Crippen LogP contribution in [0.25, 0.3) is 0 Å². The standard InChI is InChI=1S/C17H20N2O2/c1-3-21-15-11-7-10-14(18)16(15)17(20)19(2)12-13-8-5-4-6-9-13/h4-11H,3,12,18H2,1-2H3. The van der Waals surface area contributed by atoms with Crippen LogP contribution in [0.1, 0.15) is 22.8 Å². The molecule has 0 aliphatic rings. The van der Waals surface area contributed by atoms with E-state index in [1.807, 2.05) is 37.3 Å². The fraction of sp³-hybridized carbons (Fsp3) is 0.235. The molecule has 0 spiro atoms. The Morgan fingerprint density at radius 3 is 2.52 bits per heavy atom. The molecule has 0 bridgehead atoms. The van der Waals surface area contributed by atoms with E-state index in [-0.39, 0.29) is 5.91 Å². The monoisotopic (exact) mass is 284 g/mol. The molecule has 0 atom stereocenters. The predicted molar refractivity (Wildman–Crippen MR) is 84.3 cm³/mol. The number of nitrogens with two attached hydrogens (primary N) is 1. The largest absolute Gasteiger partial charge is 0.493 e. The Labute approximate surface area is 125 Å². The van der Waals surface area contributed by atoms with Gasteiger partial charge >= 0.3 is 0 Å². The van der Waals surface area contributed by atoms with E-state index in [0.717, 1.165) is 5.56 Å². The first-order chi connectivity index (χ1) is 10.1. The number of carbonyl (C=O) groups is 1. The number of rotatable bonds is 5. The Kier molecular flexibility index (Phi) is 4.82. The summed E-state index contributed by atoms with van der Waals surface area (Å²) in [5, 5.41) is 0. The number of nitrogens with zero attached hydrogens (tertiary/aromatic N) is 1. The van der Waals surface area contributed by atoms with Gasteiger partial charge in [-0.15, -0.1) is 0 Å². The molecule has 4 heteroatoms. The molecule has 2 rings (SSSR count). The summed E-state index contributed by atoms with van der Waals surface area (Å²) in [7, 11) is 1.76. The average Bonchev–Trinajstić information content (AvgIpc) is 2.48. The van der Waals surface area contributed by atoms with Crippen molar-refractivity contribution in [2.75, 3.05) is 19.4 Å². The topological polar surface area (TPSA) is 55.6 Å². The summed E-state index contributed by atoms with van der Waals surface area (Å²) in [5.74, 6) is 0.391. The third kappa shape index (κ3) is 3.54. The molecular weight excluding hydrogens is 264 g/mol. The summed E-state index contributed by atoms with van der Waals surface area (Å²) in [5.41, 5.74) is 7.89. The normalized spacial score (nSPS) is 10.2. The van der Waals surface area contributed by atoms with Crippen molar-refractivity contribution in [1.29, 1.82) is 0 Å².